The van der Waals surface area contributed by atoms with E-state index in [9.17, 15) is 18.0 Å². The Morgan fingerprint density at radius 3 is 1.92 bits per heavy atom. The van der Waals surface area contributed by atoms with Gasteiger partial charge in [-0.05, 0) is 72.7 Å². The van der Waals surface area contributed by atoms with Crippen molar-refractivity contribution in [2.45, 2.75) is 65.5 Å². The number of esters is 1. The highest BCUT2D eigenvalue weighted by Gasteiger charge is 2.33. The van der Waals surface area contributed by atoms with Gasteiger partial charge in [-0.3, -0.25) is 0 Å². The number of rotatable bonds is 9. The summed E-state index contributed by atoms with van der Waals surface area (Å²) in [6, 6.07) is 18.8. The second kappa shape index (κ2) is 11.4. The predicted octanol–water partition coefficient (Wildman–Crippen LogP) is 7.85. The van der Waals surface area contributed by atoms with E-state index in [1.54, 1.807) is 39.0 Å². The number of carbonyl (C=O) groups excluding carboxylic acids is 1. The summed E-state index contributed by atoms with van der Waals surface area (Å²) in [6.07, 6.45) is -4.77. The first-order valence-electron chi connectivity index (χ1n) is 12.3. The van der Waals surface area contributed by atoms with E-state index < -0.39 is 17.9 Å². The second-order valence-electron chi connectivity index (χ2n) is 10.3. The molecule has 5 nitrogen and oxygen atoms in total. The zero-order chi connectivity index (χ0) is 28.1. The Morgan fingerprint density at radius 2 is 1.37 bits per heavy atom. The summed E-state index contributed by atoms with van der Waals surface area (Å²) < 4.78 is 58.8. The lowest BCUT2D eigenvalue weighted by molar-refractivity contribution is -0.274. The SMILES string of the molecule is CCOC(=O)C(C)(C)Oc1cc(-c2ccc(OC(F)(F)F)cc2)ccc1OCc1ccc(C(C)(C)C)cc1. The van der Waals surface area contributed by atoms with Crippen molar-refractivity contribution in [3.8, 4) is 28.4 Å². The molecule has 0 heterocycles. The fourth-order valence-corrected chi connectivity index (χ4v) is 3.62. The topological polar surface area (TPSA) is 54.0 Å². The molecule has 0 aliphatic rings. The summed E-state index contributed by atoms with van der Waals surface area (Å²) in [7, 11) is 0. The van der Waals surface area contributed by atoms with Gasteiger partial charge in [0.15, 0.2) is 17.1 Å². The predicted molar refractivity (Wildman–Crippen MR) is 139 cm³/mol. The lowest BCUT2D eigenvalue weighted by Gasteiger charge is -2.26. The summed E-state index contributed by atoms with van der Waals surface area (Å²) in [4.78, 5) is 12.5. The van der Waals surface area contributed by atoms with Crippen LogP contribution in [0.2, 0.25) is 0 Å². The van der Waals surface area contributed by atoms with Crippen molar-refractivity contribution >= 4 is 5.97 Å². The van der Waals surface area contributed by atoms with Crippen LogP contribution in [0.5, 0.6) is 17.2 Å². The number of ether oxygens (including phenoxy) is 4. The molecule has 0 atom stereocenters. The summed E-state index contributed by atoms with van der Waals surface area (Å²) >= 11 is 0. The minimum Gasteiger partial charge on any atom is -0.485 e. The van der Waals surface area contributed by atoms with E-state index in [0.717, 1.165) is 5.56 Å². The van der Waals surface area contributed by atoms with Crippen molar-refractivity contribution in [2.75, 3.05) is 6.61 Å². The molecule has 0 aliphatic carbocycles. The fraction of sp³-hybridized carbons (Fsp3) is 0.367. The third-order valence-corrected chi connectivity index (χ3v) is 5.71. The molecule has 0 spiro atoms. The van der Waals surface area contributed by atoms with Crippen LogP contribution in [0.15, 0.2) is 66.7 Å². The molecule has 0 saturated carbocycles. The highest BCUT2D eigenvalue weighted by atomic mass is 19.4. The largest absolute Gasteiger partial charge is 0.573 e. The number of alkyl halides is 3. The first-order valence-corrected chi connectivity index (χ1v) is 12.3. The third kappa shape index (κ3) is 7.91. The molecular formula is C30H33F3O5. The first kappa shape index (κ1) is 28.9. The van der Waals surface area contributed by atoms with Crippen LogP contribution in [0, 0.1) is 0 Å². The van der Waals surface area contributed by atoms with Gasteiger partial charge in [-0.2, -0.15) is 0 Å². The fourth-order valence-electron chi connectivity index (χ4n) is 3.62. The molecule has 3 aromatic carbocycles. The van der Waals surface area contributed by atoms with Crippen molar-refractivity contribution in [3.05, 3.63) is 77.9 Å². The van der Waals surface area contributed by atoms with Gasteiger partial charge in [-0.15, -0.1) is 13.2 Å². The van der Waals surface area contributed by atoms with Crippen molar-refractivity contribution < 1.29 is 36.9 Å². The van der Waals surface area contributed by atoms with Crippen molar-refractivity contribution in [1.29, 1.82) is 0 Å². The molecule has 0 N–H and O–H groups in total. The third-order valence-electron chi connectivity index (χ3n) is 5.71. The first-order chi connectivity index (χ1) is 17.7. The molecule has 0 radical (unpaired) electrons. The molecular weight excluding hydrogens is 497 g/mol. The van der Waals surface area contributed by atoms with E-state index in [0.29, 0.717) is 22.6 Å². The number of hydrogen-bond acceptors (Lipinski definition) is 5. The van der Waals surface area contributed by atoms with E-state index in [2.05, 4.69) is 37.6 Å². The van der Waals surface area contributed by atoms with Gasteiger partial charge in [-0.1, -0.05) is 63.2 Å². The number of carbonyl (C=O) groups is 1. The van der Waals surface area contributed by atoms with Crippen molar-refractivity contribution in [3.63, 3.8) is 0 Å². The van der Waals surface area contributed by atoms with Crippen molar-refractivity contribution in [1.82, 2.24) is 0 Å². The smallest absolute Gasteiger partial charge is 0.485 e. The quantitative estimate of drug-likeness (QED) is 0.264. The zero-order valence-electron chi connectivity index (χ0n) is 22.4. The van der Waals surface area contributed by atoms with Gasteiger partial charge in [0.25, 0.3) is 0 Å². The molecule has 204 valence electrons. The molecule has 0 bridgehead atoms. The van der Waals surface area contributed by atoms with Crippen molar-refractivity contribution in [2.24, 2.45) is 0 Å². The van der Waals surface area contributed by atoms with Crippen LogP contribution in [0.3, 0.4) is 0 Å². The van der Waals surface area contributed by atoms with Gasteiger partial charge < -0.3 is 18.9 Å². The molecule has 3 aromatic rings. The average Bonchev–Trinajstić information content (AvgIpc) is 2.82. The van der Waals surface area contributed by atoms with E-state index in [-0.39, 0.29) is 24.4 Å². The summed E-state index contributed by atoms with van der Waals surface area (Å²) in [5.74, 6) is -0.160. The maximum absolute atomic E-state index is 12.5. The monoisotopic (exact) mass is 530 g/mol. The highest BCUT2D eigenvalue weighted by molar-refractivity contribution is 5.79. The van der Waals surface area contributed by atoms with Gasteiger partial charge in [0.2, 0.25) is 0 Å². The molecule has 3 rings (SSSR count). The van der Waals surface area contributed by atoms with E-state index in [1.165, 1.54) is 29.8 Å². The minimum atomic E-state index is -4.77. The summed E-state index contributed by atoms with van der Waals surface area (Å²) in [6.45, 7) is 11.8. The minimum absolute atomic E-state index is 0.0337. The maximum atomic E-state index is 12.5. The summed E-state index contributed by atoms with van der Waals surface area (Å²) in [5.41, 5.74) is 2.16. The number of halogens is 3. The Balaban J connectivity index is 1.89. The van der Waals surface area contributed by atoms with Crippen LogP contribution in [0.1, 0.15) is 52.7 Å². The van der Waals surface area contributed by atoms with Gasteiger partial charge in [0.1, 0.15) is 12.4 Å². The molecule has 38 heavy (non-hydrogen) atoms. The Hall–Kier alpha value is -3.68. The average molecular weight is 531 g/mol. The molecule has 0 amide bonds. The highest BCUT2D eigenvalue weighted by Crippen LogP contribution is 2.37. The molecule has 0 saturated heterocycles. The van der Waals surface area contributed by atoms with Crippen LogP contribution < -0.4 is 14.2 Å². The molecule has 0 aromatic heterocycles. The number of hydrogen-bond donors (Lipinski definition) is 0. The summed E-state index contributed by atoms with van der Waals surface area (Å²) in [5, 5.41) is 0. The Kier molecular flexibility index (Phi) is 8.65. The molecule has 0 unspecified atom stereocenters. The van der Waals surface area contributed by atoms with Gasteiger partial charge in [-0.25, -0.2) is 4.79 Å². The van der Waals surface area contributed by atoms with Crippen LogP contribution >= 0.6 is 0 Å². The number of benzene rings is 3. The maximum Gasteiger partial charge on any atom is 0.573 e. The second-order valence-corrected chi connectivity index (χ2v) is 10.3. The van der Waals surface area contributed by atoms with Crippen LogP contribution in [-0.4, -0.2) is 24.5 Å². The van der Waals surface area contributed by atoms with Crippen LogP contribution in [0.4, 0.5) is 13.2 Å². The Labute approximate surface area is 221 Å². The van der Waals surface area contributed by atoms with E-state index >= 15 is 0 Å². The molecule has 8 heteroatoms. The molecule has 0 fully saturated rings. The van der Waals surface area contributed by atoms with Gasteiger partial charge in [0, 0.05) is 0 Å². The molecule has 0 aliphatic heterocycles. The Morgan fingerprint density at radius 1 is 0.763 bits per heavy atom. The lowest BCUT2D eigenvalue weighted by Crippen LogP contribution is -2.39. The van der Waals surface area contributed by atoms with E-state index in [4.69, 9.17) is 14.2 Å². The van der Waals surface area contributed by atoms with E-state index in [1.807, 2.05) is 12.1 Å². The van der Waals surface area contributed by atoms with Gasteiger partial charge >= 0.3 is 12.3 Å². The van der Waals surface area contributed by atoms with Crippen LogP contribution in [-0.2, 0) is 21.6 Å². The lowest BCUT2D eigenvalue weighted by atomic mass is 9.87. The van der Waals surface area contributed by atoms with Gasteiger partial charge in [0.05, 0.1) is 6.61 Å². The van der Waals surface area contributed by atoms with Crippen LogP contribution in [0.25, 0.3) is 11.1 Å². The normalized spacial score (nSPS) is 12.1. The Bertz CT molecular complexity index is 1220. The zero-order valence-corrected chi connectivity index (χ0v) is 22.4. The standard InChI is InChI=1S/C30H33F3O5/c1-7-35-27(34)29(5,6)38-26-18-22(21-10-15-24(16-11-21)37-30(31,32)33)12-17-25(26)36-19-20-8-13-23(14-9-20)28(2,3)4/h8-18H,7,19H2,1-6H3.